The molecule has 2 saturated carbocycles. The van der Waals surface area contributed by atoms with Gasteiger partial charge in [0.2, 0.25) is 0 Å². The maximum Gasteiger partial charge on any atom is 0.309 e. The summed E-state index contributed by atoms with van der Waals surface area (Å²) in [5, 5.41) is 8.43. The van der Waals surface area contributed by atoms with Crippen molar-refractivity contribution < 1.29 is 13.9 Å². The standard InChI is InChI=1S/C24H38FNO2/c1-2-3-4-5-7-19-12-16-23(17-13-19)28-24(27)21-14-10-20(11-15-21)8-6-9-22(25)18-26/h9,19-21,23H,2-8,10-17H2,1H3/t19-,20-,21-,23-. The Bertz CT molecular complexity index is 523. The van der Waals surface area contributed by atoms with Crippen molar-refractivity contribution in [2.75, 3.05) is 0 Å². The Hall–Kier alpha value is -1.37. The van der Waals surface area contributed by atoms with Gasteiger partial charge in [-0.3, -0.25) is 4.79 Å². The molecule has 0 bridgehead atoms. The van der Waals surface area contributed by atoms with E-state index in [-0.39, 0.29) is 18.0 Å². The van der Waals surface area contributed by atoms with E-state index in [1.165, 1.54) is 57.1 Å². The number of ether oxygens (including phenoxy) is 1. The summed E-state index contributed by atoms with van der Waals surface area (Å²) in [6.07, 6.45) is 18.0. The molecule has 0 unspecified atom stereocenters. The van der Waals surface area contributed by atoms with Gasteiger partial charge in [-0.25, -0.2) is 0 Å². The molecule has 0 aromatic heterocycles. The Morgan fingerprint density at radius 2 is 1.64 bits per heavy atom. The van der Waals surface area contributed by atoms with Gasteiger partial charge < -0.3 is 4.74 Å². The van der Waals surface area contributed by atoms with E-state index in [0.717, 1.165) is 50.9 Å². The summed E-state index contributed by atoms with van der Waals surface area (Å²) in [5.41, 5.74) is 0. The minimum atomic E-state index is -0.687. The number of halogens is 1. The van der Waals surface area contributed by atoms with Crippen LogP contribution in [-0.2, 0) is 9.53 Å². The molecule has 0 aromatic rings. The fourth-order valence-electron chi connectivity index (χ4n) is 4.84. The number of nitrogens with zero attached hydrogens (tertiary/aromatic N) is 1. The molecule has 2 rings (SSSR count). The zero-order valence-corrected chi connectivity index (χ0v) is 17.6. The molecular formula is C24H38FNO2. The first kappa shape index (κ1) is 22.9. The predicted octanol–water partition coefficient (Wildman–Crippen LogP) is 7.02. The van der Waals surface area contributed by atoms with E-state index in [0.29, 0.717) is 12.3 Å². The zero-order chi connectivity index (χ0) is 20.2. The summed E-state index contributed by atoms with van der Waals surface area (Å²) in [5.74, 6) is 0.750. The van der Waals surface area contributed by atoms with Gasteiger partial charge in [0.1, 0.15) is 12.2 Å². The minimum Gasteiger partial charge on any atom is -0.462 e. The van der Waals surface area contributed by atoms with Crippen LogP contribution in [0.25, 0.3) is 0 Å². The molecule has 0 amide bonds. The van der Waals surface area contributed by atoms with Gasteiger partial charge in [-0.05, 0) is 82.1 Å². The SMILES string of the molecule is CCCCCC[C@H]1CC[C@H](OC(=O)[C@H]2CC[C@H](CCC=C(F)C#N)CC2)CC1. The quantitative estimate of drug-likeness (QED) is 0.228. The lowest BCUT2D eigenvalue weighted by molar-refractivity contribution is -0.157. The highest BCUT2D eigenvalue weighted by molar-refractivity contribution is 5.72. The van der Waals surface area contributed by atoms with Crippen molar-refractivity contribution in [3.8, 4) is 6.07 Å². The van der Waals surface area contributed by atoms with Gasteiger partial charge in [-0.1, -0.05) is 39.0 Å². The summed E-state index contributed by atoms with van der Waals surface area (Å²) in [6.45, 7) is 2.25. The van der Waals surface area contributed by atoms with Gasteiger partial charge in [0, 0.05) is 0 Å². The van der Waals surface area contributed by atoms with Crippen molar-refractivity contribution in [1.29, 1.82) is 5.26 Å². The molecule has 2 aliphatic carbocycles. The lowest BCUT2D eigenvalue weighted by Gasteiger charge is -2.31. The Kier molecular flexibility index (Phi) is 10.6. The molecule has 0 radical (unpaired) electrons. The van der Waals surface area contributed by atoms with Crippen molar-refractivity contribution in [2.24, 2.45) is 17.8 Å². The second kappa shape index (κ2) is 13.0. The maximum atomic E-state index is 12.8. The second-order valence-corrected chi connectivity index (χ2v) is 8.89. The Labute approximate surface area is 170 Å². The molecule has 2 aliphatic rings. The average molecular weight is 392 g/mol. The number of hydrogen-bond donors (Lipinski definition) is 0. The molecule has 2 fully saturated rings. The fraction of sp³-hybridized carbons (Fsp3) is 0.833. The van der Waals surface area contributed by atoms with Crippen LogP contribution in [0.1, 0.15) is 103 Å². The highest BCUT2D eigenvalue weighted by Crippen LogP contribution is 2.34. The van der Waals surface area contributed by atoms with Crippen LogP contribution in [0.4, 0.5) is 4.39 Å². The van der Waals surface area contributed by atoms with E-state index < -0.39 is 5.83 Å². The molecule has 0 aliphatic heterocycles. The van der Waals surface area contributed by atoms with Crippen molar-refractivity contribution in [2.45, 2.75) is 109 Å². The molecule has 4 heteroatoms. The van der Waals surface area contributed by atoms with Crippen LogP contribution < -0.4 is 0 Å². The fourth-order valence-corrected chi connectivity index (χ4v) is 4.84. The molecule has 0 aromatic carbocycles. The van der Waals surface area contributed by atoms with Crippen molar-refractivity contribution >= 4 is 5.97 Å². The van der Waals surface area contributed by atoms with E-state index >= 15 is 0 Å². The van der Waals surface area contributed by atoms with Crippen LogP contribution in [0.3, 0.4) is 0 Å². The van der Waals surface area contributed by atoms with Crippen LogP contribution in [0, 0.1) is 29.1 Å². The molecule has 28 heavy (non-hydrogen) atoms. The van der Waals surface area contributed by atoms with E-state index in [1.807, 2.05) is 0 Å². The van der Waals surface area contributed by atoms with E-state index in [9.17, 15) is 9.18 Å². The van der Waals surface area contributed by atoms with Gasteiger partial charge in [0.15, 0.2) is 5.83 Å². The smallest absolute Gasteiger partial charge is 0.309 e. The highest BCUT2D eigenvalue weighted by Gasteiger charge is 2.30. The van der Waals surface area contributed by atoms with Crippen LogP contribution >= 0.6 is 0 Å². The summed E-state index contributed by atoms with van der Waals surface area (Å²) in [7, 11) is 0. The molecule has 158 valence electrons. The number of rotatable bonds is 10. The Morgan fingerprint density at radius 1 is 1.00 bits per heavy atom. The van der Waals surface area contributed by atoms with Crippen LogP contribution in [0.15, 0.2) is 11.9 Å². The summed E-state index contributed by atoms with van der Waals surface area (Å²) in [6, 6.07) is 1.51. The van der Waals surface area contributed by atoms with Crippen LogP contribution in [0.2, 0.25) is 0 Å². The predicted molar refractivity (Wildman–Crippen MR) is 110 cm³/mol. The number of nitriles is 1. The third-order valence-corrected chi connectivity index (χ3v) is 6.73. The van der Waals surface area contributed by atoms with Crippen molar-refractivity contribution in [3.05, 3.63) is 11.9 Å². The summed E-state index contributed by atoms with van der Waals surface area (Å²) >= 11 is 0. The van der Waals surface area contributed by atoms with E-state index in [4.69, 9.17) is 10.00 Å². The third-order valence-electron chi connectivity index (χ3n) is 6.73. The molecule has 0 saturated heterocycles. The van der Waals surface area contributed by atoms with Crippen molar-refractivity contribution in [3.63, 3.8) is 0 Å². The number of carbonyl (C=O) groups is 1. The topological polar surface area (TPSA) is 50.1 Å². The third kappa shape index (κ3) is 8.33. The molecule has 0 spiro atoms. The molecular weight excluding hydrogens is 353 g/mol. The minimum absolute atomic E-state index is 0.0141. The lowest BCUT2D eigenvalue weighted by Crippen LogP contribution is -2.30. The van der Waals surface area contributed by atoms with E-state index in [1.54, 1.807) is 0 Å². The number of unbranched alkanes of at least 4 members (excludes halogenated alkanes) is 3. The number of esters is 1. The largest absolute Gasteiger partial charge is 0.462 e. The molecule has 0 heterocycles. The first-order chi connectivity index (χ1) is 13.6. The lowest BCUT2D eigenvalue weighted by atomic mass is 9.80. The van der Waals surface area contributed by atoms with Gasteiger partial charge >= 0.3 is 5.97 Å². The highest BCUT2D eigenvalue weighted by atomic mass is 19.1. The maximum absolute atomic E-state index is 12.8. The van der Waals surface area contributed by atoms with Gasteiger partial charge in [-0.2, -0.15) is 9.65 Å². The number of allylic oxidation sites excluding steroid dienone is 2. The van der Waals surface area contributed by atoms with Gasteiger partial charge in [0.05, 0.1) is 5.92 Å². The first-order valence-electron chi connectivity index (χ1n) is 11.6. The monoisotopic (exact) mass is 391 g/mol. The van der Waals surface area contributed by atoms with Crippen LogP contribution in [0.5, 0.6) is 0 Å². The first-order valence-corrected chi connectivity index (χ1v) is 11.6. The zero-order valence-electron chi connectivity index (χ0n) is 17.6. The Morgan fingerprint density at radius 3 is 2.29 bits per heavy atom. The molecule has 0 N–H and O–H groups in total. The summed E-state index contributed by atoms with van der Waals surface area (Å²) < 4.78 is 18.7. The molecule has 0 atom stereocenters. The van der Waals surface area contributed by atoms with Gasteiger partial charge in [-0.15, -0.1) is 0 Å². The van der Waals surface area contributed by atoms with Crippen molar-refractivity contribution in [1.82, 2.24) is 0 Å². The number of carbonyl (C=O) groups excluding carboxylic acids is 1. The number of hydrogen-bond acceptors (Lipinski definition) is 3. The van der Waals surface area contributed by atoms with E-state index in [2.05, 4.69) is 6.92 Å². The van der Waals surface area contributed by atoms with Crippen LogP contribution in [-0.4, -0.2) is 12.1 Å². The average Bonchev–Trinajstić information content (AvgIpc) is 2.72. The van der Waals surface area contributed by atoms with Gasteiger partial charge in [0.25, 0.3) is 0 Å². The molecule has 3 nitrogen and oxygen atoms in total. The summed E-state index contributed by atoms with van der Waals surface area (Å²) in [4.78, 5) is 12.5. The second-order valence-electron chi connectivity index (χ2n) is 8.89. The Balaban J connectivity index is 1.58. The normalized spacial score (nSPS) is 28.5.